The number of aromatic nitrogens is 4. The second-order valence-corrected chi connectivity index (χ2v) is 5.65. The number of rotatable bonds is 6. The van der Waals surface area contributed by atoms with E-state index in [1.807, 2.05) is 24.3 Å². The summed E-state index contributed by atoms with van der Waals surface area (Å²) in [4.78, 5) is 24.0. The van der Waals surface area contributed by atoms with E-state index in [1.54, 1.807) is 24.3 Å². The van der Waals surface area contributed by atoms with Gasteiger partial charge in [0.15, 0.2) is 0 Å². The van der Waals surface area contributed by atoms with Crippen molar-refractivity contribution in [3.63, 3.8) is 0 Å². The fourth-order valence-electron chi connectivity index (χ4n) is 2.36. The number of carbonyl (C=O) groups is 2. The summed E-state index contributed by atoms with van der Waals surface area (Å²) >= 11 is 0. The molecule has 2 amide bonds. The summed E-state index contributed by atoms with van der Waals surface area (Å²) in [5, 5.41) is 16.2. The molecule has 0 fully saturated rings. The molecule has 2 aromatic carbocycles. The van der Waals surface area contributed by atoms with Gasteiger partial charge in [0.1, 0.15) is 6.33 Å². The SMILES string of the molecule is C#Cc1cccc(NC(=O)CNC(=O)Cc2ccc(-n3cnnn3)cc2)c1. The number of anilines is 1. The minimum atomic E-state index is -0.327. The Kier molecular flexibility index (Phi) is 5.54. The number of hydrogen-bond donors (Lipinski definition) is 2. The first-order valence-electron chi connectivity index (χ1n) is 8.09. The van der Waals surface area contributed by atoms with Crippen LogP contribution in [0, 0.1) is 12.3 Å². The van der Waals surface area contributed by atoms with Gasteiger partial charge in [-0.1, -0.05) is 24.1 Å². The van der Waals surface area contributed by atoms with Crippen molar-refractivity contribution >= 4 is 17.5 Å². The van der Waals surface area contributed by atoms with Crippen LogP contribution in [0.3, 0.4) is 0 Å². The lowest BCUT2D eigenvalue weighted by molar-refractivity contribution is -0.123. The summed E-state index contributed by atoms with van der Waals surface area (Å²) in [6.45, 7) is -0.123. The first kappa shape index (κ1) is 17.8. The maximum Gasteiger partial charge on any atom is 0.243 e. The van der Waals surface area contributed by atoms with E-state index < -0.39 is 0 Å². The predicted molar refractivity (Wildman–Crippen MR) is 98.9 cm³/mol. The molecule has 0 bridgehead atoms. The first-order valence-corrected chi connectivity index (χ1v) is 8.09. The van der Waals surface area contributed by atoms with Crippen molar-refractivity contribution in [1.82, 2.24) is 25.5 Å². The van der Waals surface area contributed by atoms with Gasteiger partial charge in [-0.25, -0.2) is 4.68 Å². The van der Waals surface area contributed by atoms with Crippen LogP contribution >= 0.6 is 0 Å². The number of benzene rings is 2. The standard InChI is InChI=1S/C19H16N6O2/c1-2-14-4-3-5-16(10-14)22-19(27)12-20-18(26)11-15-6-8-17(9-7-15)25-13-21-23-24-25/h1,3-10,13H,11-12H2,(H,20,26)(H,22,27). The van der Waals surface area contributed by atoms with Gasteiger partial charge in [0.25, 0.3) is 0 Å². The van der Waals surface area contributed by atoms with Crippen LogP contribution in [-0.2, 0) is 16.0 Å². The molecule has 134 valence electrons. The second-order valence-electron chi connectivity index (χ2n) is 5.65. The first-order chi connectivity index (χ1) is 13.1. The molecule has 0 spiro atoms. The Hall–Kier alpha value is -3.99. The highest BCUT2D eigenvalue weighted by Gasteiger charge is 2.08. The highest BCUT2D eigenvalue weighted by Crippen LogP contribution is 2.10. The average Bonchev–Trinajstić information content (AvgIpc) is 3.22. The highest BCUT2D eigenvalue weighted by atomic mass is 16.2. The highest BCUT2D eigenvalue weighted by molar-refractivity contribution is 5.94. The quantitative estimate of drug-likeness (QED) is 0.637. The molecule has 3 aromatic rings. The lowest BCUT2D eigenvalue weighted by atomic mass is 10.1. The molecule has 0 saturated carbocycles. The summed E-state index contributed by atoms with van der Waals surface area (Å²) in [6.07, 6.45) is 6.98. The number of terminal acetylenes is 1. The molecule has 0 aliphatic heterocycles. The maximum absolute atomic E-state index is 12.0. The Morgan fingerprint density at radius 1 is 1.11 bits per heavy atom. The number of carbonyl (C=O) groups excluding carboxylic acids is 2. The largest absolute Gasteiger partial charge is 0.347 e. The zero-order valence-corrected chi connectivity index (χ0v) is 14.3. The monoisotopic (exact) mass is 360 g/mol. The van der Waals surface area contributed by atoms with Gasteiger partial charge in [-0.05, 0) is 46.3 Å². The van der Waals surface area contributed by atoms with E-state index in [2.05, 4.69) is 32.1 Å². The summed E-state index contributed by atoms with van der Waals surface area (Å²) in [6, 6.07) is 14.2. The van der Waals surface area contributed by atoms with Gasteiger partial charge in [-0.2, -0.15) is 0 Å². The molecule has 2 N–H and O–H groups in total. The van der Waals surface area contributed by atoms with Gasteiger partial charge in [-0.3, -0.25) is 9.59 Å². The molecule has 8 nitrogen and oxygen atoms in total. The van der Waals surface area contributed by atoms with Crippen molar-refractivity contribution in [2.24, 2.45) is 0 Å². The van der Waals surface area contributed by atoms with Gasteiger partial charge in [0, 0.05) is 11.3 Å². The van der Waals surface area contributed by atoms with Crippen LogP contribution in [0.4, 0.5) is 5.69 Å². The van der Waals surface area contributed by atoms with Crippen LogP contribution in [0.1, 0.15) is 11.1 Å². The van der Waals surface area contributed by atoms with Crippen LogP contribution in [-0.4, -0.2) is 38.6 Å². The number of nitrogens with zero attached hydrogens (tertiary/aromatic N) is 4. The Labute approximate surface area is 155 Å². The molecular weight excluding hydrogens is 344 g/mol. The predicted octanol–water partition coefficient (Wildman–Crippen LogP) is 0.941. The van der Waals surface area contributed by atoms with Crippen LogP contribution in [0.15, 0.2) is 54.9 Å². The van der Waals surface area contributed by atoms with E-state index in [0.717, 1.165) is 11.3 Å². The molecule has 1 heterocycles. The molecule has 8 heteroatoms. The van der Waals surface area contributed by atoms with Crippen LogP contribution in [0.2, 0.25) is 0 Å². The van der Waals surface area contributed by atoms with E-state index >= 15 is 0 Å². The Morgan fingerprint density at radius 3 is 2.63 bits per heavy atom. The van der Waals surface area contributed by atoms with Crippen molar-refractivity contribution in [3.8, 4) is 18.0 Å². The molecular formula is C19H16N6O2. The number of amides is 2. The van der Waals surface area contributed by atoms with E-state index in [1.165, 1.54) is 11.0 Å². The van der Waals surface area contributed by atoms with Crippen molar-refractivity contribution in [1.29, 1.82) is 0 Å². The molecule has 27 heavy (non-hydrogen) atoms. The van der Waals surface area contributed by atoms with E-state index in [4.69, 9.17) is 6.42 Å². The Bertz CT molecular complexity index is 974. The van der Waals surface area contributed by atoms with E-state index in [0.29, 0.717) is 11.3 Å². The van der Waals surface area contributed by atoms with Crippen molar-refractivity contribution in [3.05, 3.63) is 66.0 Å². The van der Waals surface area contributed by atoms with Gasteiger partial charge in [-0.15, -0.1) is 11.5 Å². The normalized spacial score (nSPS) is 10.0. The molecule has 3 rings (SSSR count). The smallest absolute Gasteiger partial charge is 0.243 e. The molecule has 0 atom stereocenters. The third kappa shape index (κ3) is 4.99. The number of hydrogen-bond acceptors (Lipinski definition) is 5. The lowest BCUT2D eigenvalue weighted by Crippen LogP contribution is -2.33. The second kappa shape index (κ2) is 8.40. The van der Waals surface area contributed by atoms with Crippen molar-refractivity contribution in [2.45, 2.75) is 6.42 Å². The zero-order valence-electron chi connectivity index (χ0n) is 14.3. The van der Waals surface area contributed by atoms with Crippen LogP contribution in [0.5, 0.6) is 0 Å². The van der Waals surface area contributed by atoms with Crippen molar-refractivity contribution < 1.29 is 9.59 Å². The Morgan fingerprint density at radius 2 is 1.93 bits per heavy atom. The fourth-order valence-corrected chi connectivity index (χ4v) is 2.36. The summed E-state index contributed by atoms with van der Waals surface area (Å²) in [5.74, 6) is 1.92. The van der Waals surface area contributed by atoms with E-state index in [-0.39, 0.29) is 24.8 Å². The molecule has 0 saturated heterocycles. The van der Waals surface area contributed by atoms with Crippen LogP contribution in [0.25, 0.3) is 5.69 Å². The van der Waals surface area contributed by atoms with Crippen molar-refractivity contribution in [2.75, 3.05) is 11.9 Å². The number of tetrazole rings is 1. The molecule has 1 aromatic heterocycles. The molecule has 0 aliphatic rings. The summed E-state index contributed by atoms with van der Waals surface area (Å²) in [7, 11) is 0. The zero-order chi connectivity index (χ0) is 19.1. The summed E-state index contributed by atoms with van der Waals surface area (Å²) < 4.78 is 1.52. The minimum absolute atomic E-state index is 0.123. The molecule has 0 unspecified atom stereocenters. The van der Waals surface area contributed by atoms with Gasteiger partial charge < -0.3 is 10.6 Å². The third-order valence-corrected chi connectivity index (χ3v) is 3.67. The lowest BCUT2D eigenvalue weighted by Gasteiger charge is -2.08. The fraction of sp³-hybridized carbons (Fsp3) is 0.105. The maximum atomic E-state index is 12.0. The Balaban J connectivity index is 1.47. The molecule has 0 aliphatic carbocycles. The molecule has 0 radical (unpaired) electrons. The van der Waals surface area contributed by atoms with Gasteiger partial charge >= 0.3 is 0 Å². The van der Waals surface area contributed by atoms with Crippen LogP contribution < -0.4 is 10.6 Å². The third-order valence-electron chi connectivity index (χ3n) is 3.67. The summed E-state index contributed by atoms with van der Waals surface area (Å²) in [5.41, 5.74) is 2.86. The number of nitrogens with one attached hydrogen (secondary N) is 2. The van der Waals surface area contributed by atoms with Gasteiger partial charge in [0.2, 0.25) is 11.8 Å². The topological polar surface area (TPSA) is 102 Å². The average molecular weight is 360 g/mol. The van der Waals surface area contributed by atoms with E-state index in [9.17, 15) is 9.59 Å². The van der Waals surface area contributed by atoms with Gasteiger partial charge in [0.05, 0.1) is 18.7 Å². The minimum Gasteiger partial charge on any atom is -0.347 e.